The molecular weight excluding hydrogens is 420 g/mol. The molecule has 0 aliphatic heterocycles. The molecule has 0 fully saturated rings. The van der Waals surface area contributed by atoms with E-state index in [-0.39, 0.29) is 19.6 Å². The van der Waals surface area contributed by atoms with Crippen LogP contribution in [0.4, 0.5) is 0 Å². The van der Waals surface area contributed by atoms with Gasteiger partial charge in [-0.1, -0.05) is 79.8 Å². The van der Waals surface area contributed by atoms with Gasteiger partial charge in [0, 0.05) is 13.3 Å². The average Bonchev–Trinajstić information content (AvgIpc) is 2.78. The number of aliphatic hydroxyl groups excluding tert-OH is 2. The Kier molecular flexibility index (Phi) is 20.7. The molecule has 0 aromatic heterocycles. The van der Waals surface area contributed by atoms with Crippen molar-refractivity contribution in [1.29, 1.82) is 0 Å². The van der Waals surface area contributed by atoms with E-state index in [1.807, 2.05) is 36.5 Å². The van der Waals surface area contributed by atoms with Crippen molar-refractivity contribution in [3.8, 4) is 0 Å². The molecule has 0 aliphatic carbocycles. The number of esters is 2. The lowest BCUT2D eigenvalue weighted by molar-refractivity contribution is -0.151. The van der Waals surface area contributed by atoms with Crippen LogP contribution < -0.4 is 0 Å². The number of rotatable bonds is 18. The Balaban J connectivity index is 3.72. The van der Waals surface area contributed by atoms with Gasteiger partial charge in [-0.25, -0.2) is 0 Å². The summed E-state index contributed by atoms with van der Waals surface area (Å²) in [5.41, 5.74) is 0. The Morgan fingerprint density at radius 3 is 2.03 bits per heavy atom. The summed E-state index contributed by atoms with van der Waals surface area (Å²) >= 11 is 0. The Bertz CT molecular complexity index is 685. The van der Waals surface area contributed by atoms with Crippen LogP contribution in [-0.2, 0) is 19.1 Å². The minimum Gasteiger partial charge on any atom is -0.463 e. The first-order valence-electron chi connectivity index (χ1n) is 11.5. The van der Waals surface area contributed by atoms with Gasteiger partial charge >= 0.3 is 11.9 Å². The molecular formula is C27H40O6. The van der Waals surface area contributed by atoms with E-state index in [1.54, 1.807) is 6.08 Å². The number of carbonyl (C=O) groups excluding carboxylic acids is 2. The summed E-state index contributed by atoms with van der Waals surface area (Å²) in [6.45, 7) is 2.96. The van der Waals surface area contributed by atoms with Gasteiger partial charge in [0.25, 0.3) is 0 Å². The lowest BCUT2D eigenvalue weighted by atomic mass is 10.2. The van der Waals surface area contributed by atoms with E-state index >= 15 is 0 Å². The summed E-state index contributed by atoms with van der Waals surface area (Å²) < 4.78 is 9.55. The molecule has 6 heteroatoms. The van der Waals surface area contributed by atoms with Crippen molar-refractivity contribution in [2.45, 2.75) is 71.0 Å². The summed E-state index contributed by atoms with van der Waals surface area (Å²) in [5, 5.41) is 19.2. The summed E-state index contributed by atoms with van der Waals surface area (Å²) in [6, 6.07) is 0. The van der Waals surface area contributed by atoms with Gasteiger partial charge in [-0.15, -0.1) is 0 Å². The third-order valence-corrected chi connectivity index (χ3v) is 4.11. The predicted octanol–water partition coefficient (Wildman–Crippen LogP) is 4.90. The second-order valence-electron chi connectivity index (χ2n) is 7.30. The smallest absolute Gasteiger partial charge is 0.306 e. The highest BCUT2D eigenvalue weighted by atomic mass is 16.6. The van der Waals surface area contributed by atoms with Crippen LogP contribution in [-0.4, -0.2) is 47.6 Å². The van der Waals surface area contributed by atoms with Gasteiger partial charge < -0.3 is 19.7 Å². The molecule has 0 saturated carbocycles. The molecule has 0 heterocycles. The number of allylic oxidation sites excluding steroid dienone is 10. The van der Waals surface area contributed by atoms with E-state index in [9.17, 15) is 19.8 Å². The summed E-state index contributed by atoms with van der Waals surface area (Å²) in [4.78, 5) is 22.2. The largest absolute Gasteiger partial charge is 0.463 e. The van der Waals surface area contributed by atoms with Crippen molar-refractivity contribution in [3.05, 3.63) is 72.9 Å². The van der Waals surface area contributed by atoms with Gasteiger partial charge in [0.1, 0.15) is 19.3 Å². The molecule has 2 atom stereocenters. The zero-order chi connectivity index (χ0) is 24.6. The molecule has 0 spiro atoms. The number of aliphatic hydroxyl groups is 2. The SMILES string of the molecule is CC/C=C\CC(O)/C=C/C=C/C/C=C\C/C=C\C/C=C\CCC(=O)OC[C@@H](O)COC(C)=O. The van der Waals surface area contributed by atoms with Gasteiger partial charge in [-0.2, -0.15) is 0 Å². The van der Waals surface area contributed by atoms with Gasteiger partial charge in [0.2, 0.25) is 0 Å². The molecule has 0 amide bonds. The molecule has 0 aliphatic rings. The monoisotopic (exact) mass is 460 g/mol. The van der Waals surface area contributed by atoms with Crippen LogP contribution in [0.1, 0.15) is 58.8 Å². The second-order valence-corrected chi connectivity index (χ2v) is 7.30. The highest BCUT2D eigenvalue weighted by Crippen LogP contribution is 2.00. The first kappa shape index (κ1) is 30.3. The average molecular weight is 461 g/mol. The van der Waals surface area contributed by atoms with E-state index in [0.29, 0.717) is 12.8 Å². The fourth-order valence-corrected chi connectivity index (χ4v) is 2.39. The lowest BCUT2D eigenvalue weighted by Crippen LogP contribution is -2.24. The number of ether oxygens (including phenoxy) is 2. The number of hydrogen-bond donors (Lipinski definition) is 2. The maximum atomic E-state index is 11.6. The van der Waals surface area contributed by atoms with E-state index in [4.69, 9.17) is 4.74 Å². The van der Waals surface area contributed by atoms with Crippen LogP contribution in [0.25, 0.3) is 0 Å². The van der Waals surface area contributed by atoms with Gasteiger partial charge in [0.05, 0.1) is 6.10 Å². The predicted molar refractivity (Wildman–Crippen MR) is 132 cm³/mol. The van der Waals surface area contributed by atoms with E-state index in [2.05, 4.69) is 42.0 Å². The molecule has 2 N–H and O–H groups in total. The highest BCUT2D eigenvalue weighted by molar-refractivity contribution is 5.69. The molecule has 6 nitrogen and oxygen atoms in total. The Morgan fingerprint density at radius 1 is 0.788 bits per heavy atom. The third kappa shape index (κ3) is 23.8. The molecule has 1 unspecified atom stereocenters. The van der Waals surface area contributed by atoms with Gasteiger partial charge in [0.15, 0.2) is 0 Å². The molecule has 33 heavy (non-hydrogen) atoms. The zero-order valence-corrected chi connectivity index (χ0v) is 20.0. The van der Waals surface area contributed by atoms with Crippen molar-refractivity contribution in [1.82, 2.24) is 0 Å². The summed E-state index contributed by atoms with van der Waals surface area (Å²) in [7, 11) is 0. The molecule has 0 aromatic carbocycles. The quantitative estimate of drug-likeness (QED) is 0.172. The Labute approximate surface area is 198 Å². The maximum absolute atomic E-state index is 11.6. The minimum atomic E-state index is -1.00. The van der Waals surface area contributed by atoms with Crippen LogP contribution in [0.3, 0.4) is 0 Å². The molecule has 0 saturated heterocycles. The summed E-state index contributed by atoms with van der Waals surface area (Å²) in [5.74, 6) is -0.882. The van der Waals surface area contributed by atoms with Crippen LogP contribution in [0.2, 0.25) is 0 Å². The lowest BCUT2D eigenvalue weighted by Gasteiger charge is -2.10. The van der Waals surface area contributed by atoms with Crippen LogP contribution in [0, 0.1) is 0 Å². The van der Waals surface area contributed by atoms with Gasteiger partial charge in [-0.3, -0.25) is 9.59 Å². The first-order chi connectivity index (χ1) is 16.0. The first-order valence-corrected chi connectivity index (χ1v) is 11.5. The third-order valence-electron chi connectivity index (χ3n) is 4.11. The molecule has 0 rings (SSSR count). The highest BCUT2D eigenvalue weighted by Gasteiger charge is 2.09. The zero-order valence-electron chi connectivity index (χ0n) is 20.0. The molecule has 184 valence electrons. The Morgan fingerprint density at radius 2 is 1.39 bits per heavy atom. The molecule has 0 radical (unpaired) electrons. The van der Waals surface area contributed by atoms with Crippen molar-refractivity contribution in [2.75, 3.05) is 13.2 Å². The van der Waals surface area contributed by atoms with Crippen molar-refractivity contribution in [3.63, 3.8) is 0 Å². The molecule has 0 aromatic rings. The topological polar surface area (TPSA) is 93.1 Å². The summed E-state index contributed by atoms with van der Waals surface area (Å²) in [6.07, 6.45) is 27.5. The normalized spacial score (nSPS) is 14.4. The number of carbonyl (C=O) groups is 2. The van der Waals surface area contributed by atoms with E-state index < -0.39 is 24.1 Å². The van der Waals surface area contributed by atoms with Crippen molar-refractivity contribution in [2.24, 2.45) is 0 Å². The number of hydrogen-bond acceptors (Lipinski definition) is 6. The molecule has 0 bridgehead atoms. The minimum absolute atomic E-state index is 0.180. The van der Waals surface area contributed by atoms with Crippen molar-refractivity contribution >= 4 is 11.9 Å². The maximum Gasteiger partial charge on any atom is 0.306 e. The van der Waals surface area contributed by atoms with Crippen LogP contribution >= 0.6 is 0 Å². The second kappa shape index (κ2) is 22.5. The van der Waals surface area contributed by atoms with Crippen LogP contribution in [0.15, 0.2) is 72.9 Å². The Hall–Kier alpha value is -2.70. The fraction of sp³-hybridized carbons (Fsp3) is 0.481. The van der Waals surface area contributed by atoms with E-state index in [0.717, 1.165) is 25.7 Å². The fourth-order valence-electron chi connectivity index (χ4n) is 2.39. The standard InChI is InChI=1S/C27H40O6/c1-3-4-16-19-25(29)20-17-14-12-10-8-6-5-7-9-11-13-15-18-21-27(31)33-23-26(30)22-32-24(2)28/h4,6-9,12-17,20,25-26,29-30H,3,5,10-11,18-19,21-23H2,1-2H3/b8-6-,9-7-,14-12+,15-13-,16-4-,20-17+/t25?,26-/m0/s1. The van der Waals surface area contributed by atoms with E-state index in [1.165, 1.54) is 6.92 Å². The van der Waals surface area contributed by atoms with Gasteiger partial charge in [-0.05, 0) is 38.5 Å². The van der Waals surface area contributed by atoms with Crippen molar-refractivity contribution < 1.29 is 29.3 Å². The van der Waals surface area contributed by atoms with Crippen LogP contribution in [0.5, 0.6) is 0 Å².